The van der Waals surface area contributed by atoms with Crippen molar-refractivity contribution in [3.63, 3.8) is 0 Å². The van der Waals surface area contributed by atoms with E-state index in [-0.39, 0.29) is 5.75 Å². The summed E-state index contributed by atoms with van der Waals surface area (Å²) in [4.78, 5) is 2.21. The number of benzene rings is 2. The number of morpholine rings is 1. The van der Waals surface area contributed by atoms with Crippen molar-refractivity contribution in [2.75, 3.05) is 35.9 Å². The van der Waals surface area contributed by atoms with Gasteiger partial charge in [0.15, 0.2) is 0 Å². The minimum atomic E-state index is -3.46. The Morgan fingerprint density at radius 3 is 2.40 bits per heavy atom. The first kappa shape index (κ1) is 17.8. The normalized spacial score (nSPS) is 15.2. The van der Waals surface area contributed by atoms with Crippen molar-refractivity contribution in [1.82, 2.24) is 0 Å². The third-order valence-corrected chi connectivity index (χ3v) is 5.58. The van der Waals surface area contributed by atoms with Crippen LogP contribution in [-0.4, -0.2) is 34.7 Å². The molecule has 134 valence electrons. The van der Waals surface area contributed by atoms with E-state index in [0.717, 1.165) is 35.5 Å². The van der Waals surface area contributed by atoms with E-state index in [0.29, 0.717) is 18.9 Å². The molecule has 1 aliphatic rings. The molecule has 1 N–H and O–H groups in total. The molecule has 0 unspecified atom stereocenters. The number of rotatable bonds is 5. The van der Waals surface area contributed by atoms with Gasteiger partial charge in [-0.15, -0.1) is 0 Å². The maximum atomic E-state index is 12.5. The zero-order valence-electron chi connectivity index (χ0n) is 14.7. The minimum Gasteiger partial charge on any atom is -0.378 e. The lowest BCUT2D eigenvalue weighted by Crippen LogP contribution is -2.36. The zero-order chi connectivity index (χ0) is 17.9. The monoisotopic (exact) mass is 360 g/mol. The van der Waals surface area contributed by atoms with Crippen LogP contribution in [0.15, 0.2) is 42.5 Å². The molecule has 0 atom stereocenters. The van der Waals surface area contributed by atoms with Crippen LogP contribution in [0, 0.1) is 13.8 Å². The molecule has 1 aliphatic heterocycles. The van der Waals surface area contributed by atoms with Gasteiger partial charge in [0, 0.05) is 18.8 Å². The van der Waals surface area contributed by atoms with E-state index >= 15 is 0 Å². The number of anilines is 2. The van der Waals surface area contributed by atoms with Crippen molar-refractivity contribution in [3.8, 4) is 0 Å². The lowest BCUT2D eigenvalue weighted by molar-refractivity contribution is 0.122. The van der Waals surface area contributed by atoms with E-state index in [1.165, 1.54) is 0 Å². The SMILES string of the molecule is Cc1ccc(CS(=O)(=O)Nc2cc(N3CCOCC3)ccc2C)cc1. The standard InChI is InChI=1S/C19H24N2O3S/c1-15-3-6-17(7-4-15)14-25(22,23)20-19-13-18(8-5-16(19)2)21-9-11-24-12-10-21/h3-8,13,20H,9-12,14H2,1-2H3. The molecule has 0 radical (unpaired) electrons. The molecule has 1 saturated heterocycles. The van der Waals surface area contributed by atoms with Gasteiger partial charge >= 0.3 is 0 Å². The topological polar surface area (TPSA) is 58.6 Å². The van der Waals surface area contributed by atoms with Crippen molar-refractivity contribution >= 4 is 21.4 Å². The number of sulfonamides is 1. The second kappa shape index (κ2) is 7.45. The first-order valence-corrected chi connectivity index (χ1v) is 10.1. The summed E-state index contributed by atoms with van der Waals surface area (Å²) in [7, 11) is -3.46. The highest BCUT2D eigenvalue weighted by molar-refractivity contribution is 7.91. The average molecular weight is 360 g/mol. The van der Waals surface area contributed by atoms with Crippen LogP contribution in [0.4, 0.5) is 11.4 Å². The summed E-state index contributed by atoms with van der Waals surface area (Å²) >= 11 is 0. The summed E-state index contributed by atoms with van der Waals surface area (Å²) in [6.07, 6.45) is 0. The Bertz CT molecular complexity index is 826. The quantitative estimate of drug-likeness (QED) is 0.890. The van der Waals surface area contributed by atoms with Gasteiger partial charge in [0.05, 0.1) is 24.7 Å². The van der Waals surface area contributed by atoms with E-state index in [1.54, 1.807) is 0 Å². The van der Waals surface area contributed by atoms with Gasteiger partial charge < -0.3 is 9.64 Å². The molecule has 5 nitrogen and oxygen atoms in total. The van der Waals surface area contributed by atoms with Crippen LogP contribution < -0.4 is 9.62 Å². The Labute approximate surface area is 149 Å². The highest BCUT2D eigenvalue weighted by Crippen LogP contribution is 2.25. The van der Waals surface area contributed by atoms with Crippen LogP contribution >= 0.6 is 0 Å². The second-order valence-corrected chi connectivity index (χ2v) is 8.17. The fourth-order valence-corrected chi connectivity index (χ4v) is 4.10. The molecule has 1 heterocycles. The summed E-state index contributed by atoms with van der Waals surface area (Å²) in [5, 5.41) is 0. The smallest absolute Gasteiger partial charge is 0.236 e. The Balaban J connectivity index is 1.77. The Morgan fingerprint density at radius 1 is 1.04 bits per heavy atom. The van der Waals surface area contributed by atoms with Crippen molar-refractivity contribution in [3.05, 3.63) is 59.2 Å². The van der Waals surface area contributed by atoms with E-state index in [1.807, 2.05) is 56.3 Å². The number of nitrogens with one attached hydrogen (secondary N) is 1. The molecule has 6 heteroatoms. The molecule has 0 amide bonds. The van der Waals surface area contributed by atoms with Gasteiger partial charge in [0.1, 0.15) is 0 Å². The summed E-state index contributed by atoms with van der Waals surface area (Å²) < 4.78 is 33.2. The molecule has 0 spiro atoms. The van der Waals surface area contributed by atoms with Gasteiger partial charge in [-0.1, -0.05) is 35.9 Å². The molecular weight excluding hydrogens is 336 g/mol. The molecule has 2 aromatic carbocycles. The predicted octanol–water partition coefficient (Wildman–Crippen LogP) is 3.08. The number of ether oxygens (including phenoxy) is 1. The maximum Gasteiger partial charge on any atom is 0.236 e. The molecule has 1 fully saturated rings. The van der Waals surface area contributed by atoms with Gasteiger partial charge in [-0.2, -0.15) is 0 Å². The van der Waals surface area contributed by atoms with E-state index in [9.17, 15) is 8.42 Å². The van der Waals surface area contributed by atoms with Crippen molar-refractivity contribution in [2.24, 2.45) is 0 Å². The summed E-state index contributed by atoms with van der Waals surface area (Å²) in [6.45, 7) is 6.92. The van der Waals surface area contributed by atoms with E-state index in [2.05, 4.69) is 9.62 Å². The van der Waals surface area contributed by atoms with Gasteiger partial charge in [-0.3, -0.25) is 4.72 Å². The summed E-state index contributed by atoms with van der Waals surface area (Å²) in [5.41, 5.74) is 4.45. The Hall–Kier alpha value is -2.05. The van der Waals surface area contributed by atoms with Gasteiger partial charge in [0.25, 0.3) is 0 Å². The largest absolute Gasteiger partial charge is 0.378 e. The van der Waals surface area contributed by atoms with Crippen LogP contribution in [0.2, 0.25) is 0 Å². The Kier molecular flexibility index (Phi) is 5.30. The first-order chi connectivity index (χ1) is 11.9. The molecule has 0 bridgehead atoms. The third-order valence-electron chi connectivity index (χ3n) is 4.34. The van der Waals surface area contributed by atoms with Crippen LogP contribution in [0.3, 0.4) is 0 Å². The van der Waals surface area contributed by atoms with Crippen LogP contribution in [0.25, 0.3) is 0 Å². The lowest BCUT2D eigenvalue weighted by Gasteiger charge is -2.29. The highest BCUT2D eigenvalue weighted by atomic mass is 32.2. The van der Waals surface area contributed by atoms with E-state index in [4.69, 9.17) is 4.74 Å². The van der Waals surface area contributed by atoms with Crippen LogP contribution in [0.1, 0.15) is 16.7 Å². The second-order valence-electron chi connectivity index (χ2n) is 6.45. The molecule has 3 rings (SSSR count). The van der Waals surface area contributed by atoms with Crippen molar-refractivity contribution < 1.29 is 13.2 Å². The number of hydrogen-bond donors (Lipinski definition) is 1. The number of nitrogens with zero attached hydrogens (tertiary/aromatic N) is 1. The molecule has 0 saturated carbocycles. The summed E-state index contributed by atoms with van der Waals surface area (Å²) in [5.74, 6) is -0.0332. The third kappa shape index (κ3) is 4.74. The maximum absolute atomic E-state index is 12.5. The number of hydrogen-bond acceptors (Lipinski definition) is 4. The molecule has 0 aromatic heterocycles. The fourth-order valence-electron chi connectivity index (χ4n) is 2.85. The molecule has 25 heavy (non-hydrogen) atoms. The van der Waals surface area contributed by atoms with Gasteiger partial charge in [0.2, 0.25) is 10.0 Å². The fraction of sp³-hybridized carbons (Fsp3) is 0.368. The van der Waals surface area contributed by atoms with Crippen LogP contribution in [0.5, 0.6) is 0 Å². The zero-order valence-corrected chi connectivity index (χ0v) is 15.5. The molecular formula is C19H24N2O3S. The molecule has 0 aliphatic carbocycles. The molecule has 2 aromatic rings. The van der Waals surface area contributed by atoms with E-state index < -0.39 is 10.0 Å². The highest BCUT2D eigenvalue weighted by Gasteiger charge is 2.16. The first-order valence-electron chi connectivity index (χ1n) is 8.42. The summed E-state index contributed by atoms with van der Waals surface area (Å²) in [6, 6.07) is 13.4. The minimum absolute atomic E-state index is 0.0332. The van der Waals surface area contributed by atoms with Crippen LogP contribution in [-0.2, 0) is 20.5 Å². The Morgan fingerprint density at radius 2 is 1.72 bits per heavy atom. The van der Waals surface area contributed by atoms with Gasteiger partial charge in [-0.25, -0.2) is 8.42 Å². The predicted molar refractivity (Wildman–Crippen MR) is 102 cm³/mol. The van der Waals surface area contributed by atoms with Crippen molar-refractivity contribution in [2.45, 2.75) is 19.6 Å². The van der Waals surface area contributed by atoms with Gasteiger partial charge in [-0.05, 0) is 37.1 Å². The van der Waals surface area contributed by atoms with Crippen molar-refractivity contribution in [1.29, 1.82) is 0 Å². The lowest BCUT2D eigenvalue weighted by atomic mass is 10.1. The number of aryl methyl sites for hydroxylation is 2. The average Bonchev–Trinajstić information content (AvgIpc) is 2.59.